The van der Waals surface area contributed by atoms with E-state index < -0.39 is 5.60 Å². The smallest absolute Gasteiger partial charge is 0.0940 e. The number of likely N-dealkylation sites (N-methyl/N-ethyl adjacent to an activating group) is 1. The van der Waals surface area contributed by atoms with Gasteiger partial charge in [0.1, 0.15) is 0 Å². The standard InChI is InChI=1S/C12H23NO3/c1-11(14,8-13-2)10-3-5-16-12(7-10)4-6-15-9-12/h10,13-14H,3-9H2,1-2H3. The van der Waals surface area contributed by atoms with Crippen molar-refractivity contribution in [2.24, 2.45) is 5.92 Å². The molecule has 0 aromatic rings. The number of aliphatic hydroxyl groups is 1. The van der Waals surface area contributed by atoms with E-state index in [2.05, 4.69) is 5.32 Å². The molecule has 0 amide bonds. The van der Waals surface area contributed by atoms with Crippen LogP contribution in [-0.4, -0.2) is 49.7 Å². The molecular formula is C12H23NO3. The second-order valence-corrected chi connectivity index (χ2v) is 5.41. The largest absolute Gasteiger partial charge is 0.389 e. The van der Waals surface area contributed by atoms with Crippen molar-refractivity contribution in [3.8, 4) is 0 Å². The lowest BCUT2D eigenvalue weighted by Crippen LogP contribution is -2.51. The SMILES string of the molecule is CNCC(C)(O)C1CCOC2(CCOC2)C1. The van der Waals surface area contributed by atoms with Gasteiger partial charge in [-0.05, 0) is 32.7 Å². The molecule has 2 aliphatic rings. The van der Waals surface area contributed by atoms with Crippen LogP contribution in [-0.2, 0) is 9.47 Å². The average molecular weight is 229 g/mol. The Morgan fingerprint density at radius 1 is 1.50 bits per heavy atom. The van der Waals surface area contributed by atoms with E-state index >= 15 is 0 Å². The maximum absolute atomic E-state index is 10.4. The molecule has 0 bridgehead atoms. The summed E-state index contributed by atoms with van der Waals surface area (Å²) in [6, 6.07) is 0. The van der Waals surface area contributed by atoms with Gasteiger partial charge in [-0.3, -0.25) is 0 Å². The second kappa shape index (κ2) is 4.61. The Hall–Kier alpha value is -0.160. The van der Waals surface area contributed by atoms with Gasteiger partial charge in [-0.25, -0.2) is 0 Å². The van der Waals surface area contributed by atoms with Crippen molar-refractivity contribution in [1.29, 1.82) is 0 Å². The fraction of sp³-hybridized carbons (Fsp3) is 1.00. The van der Waals surface area contributed by atoms with Crippen molar-refractivity contribution in [3.05, 3.63) is 0 Å². The van der Waals surface area contributed by atoms with Gasteiger partial charge in [0.05, 0.1) is 17.8 Å². The molecule has 0 saturated carbocycles. The van der Waals surface area contributed by atoms with Crippen molar-refractivity contribution in [3.63, 3.8) is 0 Å². The summed E-state index contributed by atoms with van der Waals surface area (Å²) >= 11 is 0. The molecule has 2 rings (SSSR count). The summed E-state index contributed by atoms with van der Waals surface area (Å²) in [4.78, 5) is 0. The van der Waals surface area contributed by atoms with Crippen molar-refractivity contribution in [2.75, 3.05) is 33.4 Å². The van der Waals surface area contributed by atoms with Crippen LogP contribution in [0.15, 0.2) is 0 Å². The first-order valence-corrected chi connectivity index (χ1v) is 6.17. The minimum Gasteiger partial charge on any atom is -0.389 e. The van der Waals surface area contributed by atoms with Crippen LogP contribution in [0.5, 0.6) is 0 Å². The lowest BCUT2D eigenvalue weighted by atomic mass is 9.76. The first kappa shape index (κ1) is 12.3. The van der Waals surface area contributed by atoms with Gasteiger partial charge < -0.3 is 19.9 Å². The van der Waals surface area contributed by atoms with Crippen LogP contribution in [0.2, 0.25) is 0 Å². The highest BCUT2D eigenvalue weighted by atomic mass is 16.6. The number of nitrogens with one attached hydrogen (secondary N) is 1. The van der Waals surface area contributed by atoms with Gasteiger partial charge in [0.25, 0.3) is 0 Å². The van der Waals surface area contributed by atoms with E-state index in [1.807, 2.05) is 14.0 Å². The minimum absolute atomic E-state index is 0.110. The third-order valence-electron chi connectivity index (χ3n) is 3.97. The molecule has 2 fully saturated rings. The van der Waals surface area contributed by atoms with E-state index in [0.717, 1.165) is 32.5 Å². The predicted octanol–water partition coefficient (Wildman–Crippen LogP) is 0.542. The van der Waals surface area contributed by atoms with Crippen molar-refractivity contribution in [2.45, 2.75) is 37.4 Å². The van der Waals surface area contributed by atoms with Crippen LogP contribution in [0.1, 0.15) is 26.2 Å². The third-order valence-corrected chi connectivity index (χ3v) is 3.97. The van der Waals surface area contributed by atoms with E-state index in [0.29, 0.717) is 19.1 Å². The highest BCUT2D eigenvalue weighted by molar-refractivity contribution is 4.96. The molecule has 94 valence electrons. The van der Waals surface area contributed by atoms with E-state index in [-0.39, 0.29) is 5.60 Å². The van der Waals surface area contributed by atoms with Crippen LogP contribution < -0.4 is 5.32 Å². The van der Waals surface area contributed by atoms with Gasteiger partial charge in [0.2, 0.25) is 0 Å². The van der Waals surface area contributed by atoms with Crippen molar-refractivity contribution < 1.29 is 14.6 Å². The molecule has 2 N–H and O–H groups in total. The fourth-order valence-electron chi connectivity index (χ4n) is 2.92. The van der Waals surface area contributed by atoms with Gasteiger partial charge >= 0.3 is 0 Å². The van der Waals surface area contributed by atoms with Crippen LogP contribution >= 0.6 is 0 Å². The van der Waals surface area contributed by atoms with E-state index in [1.54, 1.807) is 0 Å². The third kappa shape index (κ3) is 2.40. The fourth-order valence-corrected chi connectivity index (χ4v) is 2.92. The Morgan fingerprint density at radius 2 is 2.31 bits per heavy atom. The van der Waals surface area contributed by atoms with Gasteiger partial charge in [-0.1, -0.05) is 0 Å². The van der Waals surface area contributed by atoms with Crippen LogP contribution in [0.4, 0.5) is 0 Å². The molecular weight excluding hydrogens is 206 g/mol. The second-order valence-electron chi connectivity index (χ2n) is 5.41. The highest BCUT2D eigenvalue weighted by Gasteiger charge is 2.45. The summed E-state index contributed by atoms with van der Waals surface area (Å²) in [6.45, 7) is 4.78. The van der Waals surface area contributed by atoms with E-state index in [4.69, 9.17) is 9.47 Å². The normalized spacial score (nSPS) is 38.8. The summed E-state index contributed by atoms with van der Waals surface area (Å²) in [5.74, 6) is 0.301. The van der Waals surface area contributed by atoms with Gasteiger partial charge in [-0.2, -0.15) is 0 Å². The van der Waals surface area contributed by atoms with Gasteiger partial charge in [0.15, 0.2) is 0 Å². The van der Waals surface area contributed by atoms with Crippen molar-refractivity contribution in [1.82, 2.24) is 5.32 Å². The Kier molecular flexibility index (Phi) is 3.54. The minimum atomic E-state index is -0.645. The molecule has 2 heterocycles. The monoisotopic (exact) mass is 229 g/mol. The van der Waals surface area contributed by atoms with Crippen LogP contribution in [0.3, 0.4) is 0 Å². The molecule has 0 aromatic carbocycles. The Balaban J connectivity index is 2.00. The zero-order chi connectivity index (χ0) is 11.6. The lowest BCUT2D eigenvalue weighted by Gasteiger charge is -2.43. The molecule has 0 radical (unpaired) electrons. The first-order chi connectivity index (χ1) is 7.58. The summed E-state index contributed by atoms with van der Waals surface area (Å²) in [6.07, 6.45) is 2.83. The average Bonchev–Trinajstić information content (AvgIpc) is 2.66. The van der Waals surface area contributed by atoms with E-state index in [1.165, 1.54) is 0 Å². The predicted molar refractivity (Wildman–Crippen MR) is 61.4 cm³/mol. The Labute approximate surface area is 97.3 Å². The zero-order valence-corrected chi connectivity index (χ0v) is 10.3. The maximum Gasteiger partial charge on any atom is 0.0940 e. The molecule has 2 aliphatic heterocycles. The zero-order valence-electron chi connectivity index (χ0n) is 10.3. The van der Waals surface area contributed by atoms with Crippen molar-refractivity contribution >= 4 is 0 Å². The topological polar surface area (TPSA) is 50.7 Å². The molecule has 0 aromatic heterocycles. The molecule has 16 heavy (non-hydrogen) atoms. The number of ether oxygens (including phenoxy) is 2. The maximum atomic E-state index is 10.4. The molecule has 1 spiro atoms. The quantitative estimate of drug-likeness (QED) is 0.742. The van der Waals surface area contributed by atoms with Crippen LogP contribution in [0, 0.1) is 5.92 Å². The number of rotatable bonds is 3. The highest BCUT2D eigenvalue weighted by Crippen LogP contribution is 2.39. The molecule has 3 atom stereocenters. The molecule has 4 heteroatoms. The Bertz CT molecular complexity index is 236. The summed E-state index contributed by atoms with van der Waals surface area (Å²) in [5, 5.41) is 13.5. The van der Waals surface area contributed by atoms with E-state index in [9.17, 15) is 5.11 Å². The molecule has 0 aliphatic carbocycles. The molecule has 3 unspecified atom stereocenters. The number of hydrogen-bond donors (Lipinski definition) is 2. The summed E-state index contributed by atoms with van der Waals surface area (Å²) in [7, 11) is 1.88. The Morgan fingerprint density at radius 3 is 2.94 bits per heavy atom. The first-order valence-electron chi connectivity index (χ1n) is 6.17. The van der Waals surface area contributed by atoms with Gasteiger partial charge in [-0.15, -0.1) is 0 Å². The summed E-state index contributed by atoms with van der Waals surface area (Å²) in [5.41, 5.74) is -0.755. The number of hydrogen-bond acceptors (Lipinski definition) is 4. The van der Waals surface area contributed by atoms with Crippen LogP contribution in [0.25, 0.3) is 0 Å². The molecule has 4 nitrogen and oxygen atoms in total. The van der Waals surface area contributed by atoms with Gasteiger partial charge in [0, 0.05) is 26.2 Å². The lowest BCUT2D eigenvalue weighted by molar-refractivity contribution is -0.137. The molecule has 2 saturated heterocycles. The summed E-state index contributed by atoms with van der Waals surface area (Å²) < 4.78 is 11.3.